The quantitative estimate of drug-likeness (QED) is 0.815. The molecule has 86 valence electrons. The Kier molecular flexibility index (Phi) is 3.69. The van der Waals surface area contributed by atoms with Gasteiger partial charge in [0.05, 0.1) is 0 Å². The molecule has 2 rings (SSSR count). The number of hydrogen-bond donors (Lipinski definition) is 2. The molecule has 2 aromatic carbocycles. The maximum absolute atomic E-state index is 9.08. The van der Waals surface area contributed by atoms with Crippen LogP contribution in [0.25, 0.3) is 0 Å². The Balaban J connectivity index is 2.27. The van der Waals surface area contributed by atoms with E-state index in [0.717, 1.165) is 0 Å². The van der Waals surface area contributed by atoms with Gasteiger partial charge in [-0.1, -0.05) is 29.8 Å². The van der Waals surface area contributed by atoms with E-state index in [1.807, 2.05) is 18.2 Å². The molecule has 2 aromatic rings. The summed E-state index contributed by atoms with van der Waals surface area (Å²) in [5, 5.41) is 18.6. The monoisotopic (exact) mass is 248 g/mol. The summed E-state index contributed by atoms with van der Waals surface area (Å²) < 4.78 is 5.54. The molecule has 0 spiro atoms. The van der Waals surface area contributed by atoms with Crippen LogP contribution in [0.4, 0.5) is 0 Å². The predicted molar refractivity (Wildman–Crippen MR) is 67.8 cm³/mol. The van der Waals surface area contributed by atoms with Crippen LogP contribution in [-0.4, -0.2) is 17.2 Å². The van der Waals surface area contributed by atoms with E-state index in [1.165, 1.54) is 12.1 Å². The van der Waals surface area contributed by atoms with Crippen LogP contribution in [0, 0.1) is 0 Å². The average molecular weight is 248 g/mol. The van der Waals surface area contributed by atoms with Crippen molar-refractivity contribution in [2.75, 3.05) is 0 Å². The van der Waals surface area contributed by atoms with Crippen molar-refractivity contribution in [2.24, 2.45) is 0 Å². The molecule has 0 aromatic heterocycles. The summed E-state index contributed by atoms with van der Waals surface area (Å²) in [7, 11) is -1.56. The van der Waals surface area contributed by atoms with Crippen molar-refractivity contribution in [3.8, 4) is 11.5 Å². The first-order valence-corrected chi connectivity index (χ1v) is 5.42. The van der Waals surface area contributed by atoms with Crippen LogP contribution in [-0.2, 0) is 0 Å². The maximum Gasteiger partial charge on any atom is 0.488 e. The van der Waals surface area contributed by atoms with Crippen molar-refractivity contribution in [1.82, 2.24) is 0 Å². The van der Waals surface area contributed by atoms with Crippen LogP contribution in [0.2, 0.25) is 5.02 Å². The van der Waals surface area contributed by atoms with Crippen LogP contribution >= 0.6 is 11.6 Å². The Morgan fingerprint density at radius 1 is 0.941 bits per heavy atom. The van der Waals surface area contributed by atoms with Crippen molar-refractivity contribution < 1.29 is 14.8 Å². The SMILES string of the molecule is OB(O)c1cc(Cl)cc(Oc2ccccc2)c1. The van der Waals surface area contributed by atoms with Crippen LogP contribution in [0.3, 0.4) is 0 Å². The summed E-state index contributed by atoms with van der Waals surface area (Å²) >= 11 is 5.86. The van der Waals surface area contributed by atoms with Crippen molar-refractivity contribution >= 4 is 24.2 Å². The molecule has 0 bridgehead atoms. The zero-order valence-electron chi connectivity index (χ0n) is 8.88. The molecule has 0 fully saturated rings. The molecule has 17 heavy (non-hydrogen) atoms. The molecule has 0 unspecified atom stereocenters. The van der Waals surface area contributed by atoms with Crippen molar-refractivity contribution in [1.29, 1.82) is 0 Å². The molecule has 0 amide bonds. The van der Waals surface area contributed by atoms with Gasteiger partial charge < -0.3 is 14.8 Å². The first-order chi connectivity index (χ1) is 8.15. The average Bonchev–Trinajstić information content (AvgIpc) is 2.29. The van der Waals surface area contributed by atoms with E-state index in [9.17, 15) is 0 Å². The normalized spacial score (nSPS) is 10.1. The third-order valence-corrected chi connectivity index (χ3v) is 2.39. The molecule has 2 N–H and O–H groups in total. The topological polar surface area (TPSA) is 49.7 Å². The highest BCUT2D eigenvalue weighted by molar-refractivity contribution is 6.59. The van der Waals surface area contributed by atoms with Gasteiger partial charge in [-0.3, -0.25) is 0 Å². The first-order valence-electron chi connectivity index (χ1n) is 5.05. The minimum atomic E-state index is -1.56. The van der Waals surface area contributed by atoms with Gasteiger partial charge in [0.2, 0.25) is 0 Å². The standard InChI is InChI=1S/C12H10BClO3/c14-10-6-9(13(15)16)7-12(8-10)17-11-4-2-1-3-5-11/h1-8,15-16H. The van der Waals surface area contributed by atoms with E-state index >= 15 is 0 Å². The smallest absolute Gasteiger partial charge is 0.457 e. The third kappa shape index (κ3) is 3.23. The van der Waals surface area contributed by atoms with Gasteiger partial charge in [0.1, 0.15) is 11.5 Å². The lowest BCUT2D eigenvalue weighted by Crippen LogP contribution is -2.29. The lowest BCUT2D eigenvalue weighted by Gasteiger charge is -2.08. The van der Waals surface area contributed by atoms with E-state index in [0.29, 0.717) is 22.0 Å². The molecule has 0 saturated carbocycles. The van der Waals surface area contributed by atoms with Gasteiger partial charge in [-0.2, -0.15) is 0 Å². The summed E-state index contributed by atoms with van der Waals surface area (Å²) in [6.07, 6.45) is 0. The van der Waals surface area contributed by atoms with Crippen molar-refractivity contribution in [3.05, 3.63) is 53.6 Å². The Morgan fingerprint density at radius 3 is 2.29 bits per heavy atom. The lowest BCUT2D eigenvalue weighted by molar-refractivity contribution is 0.425. The number of hydrogen-bond acceptors (Lipinski definition) is 3. The number of halogens is 1. The highest BCUT2D eigenvalue weighted by atomic mass is 35.5. The summed E-state index contributed by atoms with van der Waals surface area (Å²) in [5.74, 6) is 1.12. The fourth-order valence-corrected chi connectivity index (χ4v) is 1.65. The number of para-hydroxylation sites is 1. The third-order valence-electron chi connectivity index (χ3n) is 2.17. The van der Waals surface area contributed by atoms with E-state index in [2.05, 4.69) is 0 Å². The van der Waals surface area contributed by atoms with Gasteiger partial charge in [-0.15, -0.1) is 0 Å². The largest absolute Gasteiger partial charge is 0.488 e. The Bertz CT molecular complexity index is 502. The Hall–Kier alpha value is -1.49. The fourth-order valence-electron chi connectivity index (χ4n) is 1.42. The summed E-state index contributed by atoms with van der Waals surface area (Å²) in [5.41, 5.74) is 0.295. The predicted octanol–water partition coefficient (Wildman–Crippen LogP) is 1.81. The summed E-state index contributed by atoms with van der Waals surface area (Å²) in [6, 6.07) is 13.8. The number of benzene rings is 2. The van der Waals surface area contributed by atoms with Crippen molar-refractivity contribution in [3.63, 3.8) is 0 Å². The molecule has 3 nitrogen and oxygen atoms in total. The minimum absolute atomic E-state index is 0.295. The summed E-state index contributed by atoms with van der Waals surface area (Å²) in [6.45, 7) is 0. The zero-order chi connectivity index (χ0) is 12.3. The molecular weight excluding hydrogens is 238 g/mol. The molecule has 0 heterocycles. The highest BCUT2D eigenvalue weighted by Gasteiger charge is 2.13. The van der Waals surface area contributed by atoms with Gasteiger partial charge in [0.25, 0.3) is 0 Å². The molecule has 0 aliphatic heterocycles. The second kappa shape index (κ2) is 5.23. The van der Waals surface area contributed by atoms with Gasteiger partial charge >= 0.3 is 7.12 Å². The van der Waals surface area contributed by atoms with Crippen LogP contribution in [0.15, 0.2) is 48.5 Å². The van der Waals surface area contributed by atoms with E-state index in [4.69, 9.17) is 26.4 Å². The van der Waals surface area contributed by atoms with Crippen molar-refractivity contribution in [2.45, 2.75) is 0 Å². The van der Waals surface area contributed by atoms with Crippen LogP contribution < -0.4 is 10.2 Å². The molecule has 5 heteroatoms. The molecule has 0 aliphatic rings. The zero-order valence-corrected chi connectivity index (χ0v) is 9.63. The maximum atomic E-state index is 9.08. The Morgan fingerprint density at radius 2 is 1.65 bits per heavy atom. The first kappa shape index (κ1) is 12.0. The number of ether oxygens (including phenoxy) is 1. The van der Waals surface area contributed by atoms with Gasteiger partial charge in [0, 0.05) is 5.02 Å². The second-order valence-electron chi connectivity index (χ2n) is 3.51. The van der Waals surface area contributed by atoms with E-state index in [-0.39, 0.29) is 0 Å². The van der Waals surface area contributed by atoms with Crippen LogP contribution in [0.5, 0.6) is 11.5 Å². The van der Waals surface area contributed by atoms with E-state index in [1.54, 1.807) is 18.2 Å². The second-order valence-corrected chi connectivity index (χ2v) is 3.95. The lowest BCUT2D eigenvalue weighted by atomic mass is 9.80. The minimum Gasteiger partial charge on any atom is -0.457 e. The molecule has 0 atom stereocenters. The van der Waals surface area contributed by atoms with Gasteiger partial charge in [-0.25, -0.2) is 0 Å². The molecule has 0 aliphatic carbocycles. The summed E-state index contributed by atoms with van der Waals surface area (Å²) in [4.78, 5) is 0. The molecule has 0 saturated heterocycles. The highest BCUT2D eigenvalue weighted by Crippen LogP contribution is 2.22. The van der Waals surface area contributed by atoms with Crippen LogP contribution in [0.1, 0.15) is 0 Å². The molecular formula is C12H10BClO3. The fraction of sp³-hybridized carbons (Fsp3) is 0. The van der Waals surface area contributed by atoms with Gasteiger partial charge in [-0.05, 0) is 35.8 Å². The molecule has 0 radical (unpaired) electrons. The van der Waals surface area contributed by atoms with E-state index < -0.39 is 7.12 Å². The number of rotatable bonds is 3. The Labute approximate surface area is 104 Å². The van der Waals surface area contributed by atoms with Gasteiger partial charge in [0.15, 0.2) is 0 Å².